The van der Waals surface area contributed by atoms with Crippen molar-refractivity contribution in [3.05, 3.63) is 93.8 Å². The van der Waals surface area contributed by atoms with E-state index in [0.29, 0.717) is 23.3 Å². The predicted molar refractivity (Wildman–Crippen MR) is 129 cm³/mol. The van der Waals surface area contributed by atoms with Crippen LogP contribution in [0.25, 0.3) is 22.1 Å². The highest BCUT2D eigenvalue weighted by Gasteiger charge is 2.21. The number of nitrogens with zero attached hydrogens (tertiary/aromatic N) is 2. The van der Waals surface area contributed by atoms with Gasteiger partial charge >= 0.3 is 5.63 Å². The van der Waals surface area contributed by atoms with Crippen LogP contribution in [-0.2, 0) is 6.54 Å². The number of hydrogen-bond donors (Lipinski definition) is 1. The summed E-state index contributed by atoms with van der Waals surface area (Å²) in [7, 11) is 0. The topological polar surface area (TPSA) is 56.9 Å². The maximum absolute atomic E-state index is 12.7. The van der Waals surface area contributed by atoms with E-state index in [2.05, 4.69) is 15.9 Å². The van der Waals surface area contributed by atoms with Gasteiger partial charge in [0.1, 0.15) is 11.3 Å². The van der Waals surface area contributed by atoms with Gasteiger partial charge in [-0.1, -0.05) is 48.0 Å². The second-order valence-corrected chi connectivity index (χ2v) is 8.47. The number of phenolic OH excluding ortho intramolecular Hbond substituents is 1. The number of aromatic hydroxyl groups is 1. The molecule has 1 aliphatic rings. The Kier molecular flexibility index (Phi) is 5.60. The van der Waals surface area contributed by atoms with Crippen molar-refractivity contribution < 1.29 is 9.52 Å². The summed E-state index contributed by atoms with van der Waals surface area (Å²) in [6.45, 7) is 3.88. The van der Waals surface area contributed by atoms with Gasteiger partial charge in [0, 0.05) is 48.8 Å². The molecule has 0 spiro atoms. The standard InChI is InChI=1S/C26H23ClN2O3/c27-20-7-4-8-21(16-20)29-13-11-28(12-14-29)17-23-24(30)10-9-19-15-22(26(31)32-25(19)23)18-5-2-1-3-6-18/h1-10,15-16,30H,11-14,17H2. The van der Waals surface area contributed by atoms with Crippen molar-refractivity contribution >= 4 is 28.3 Å². The van der Waals surface area contributed by atoms with Gasteiger partial charge in [0.2, 0.25) is 0 Å². The average molecular weight is 447 g/mol. The first-order valence-electron chi connectivity index (χ1n) is 10.7. The fraction of sp³-hybridized carbons (Fsp3) is 0.192. The molecular formula is C26H23ClN2O3. The molecule has 0 atom stereocenters. The molecule has 3 aromatic carbocycles. The molecule has 1 N–H and O–H groups in total. The molecule has 0 bridgehead atoms. The first-order chi connectivity index (χ1) is 15.6. The molecule has 162 valence electrons. The van der Waals surface area contributed by atoms with Gasteiger partial charge in [0.25, 0.3) is 0 Å². The maximum atomic E-state index is 12.7. The SMILES string of the molecule is O=c1oc2c(CN3CCN(c4cccc(Cl)c4)CC3)c(O)ccc2cc1-c1ccccc1. The molecule has 5 rings (SSSR count). The third-order valence-corrected chi connectivity index (χ3v) is 6.23. The van der Waals surface area contributed by atoms with E-state index in [9.17, 15) is 9.90 Å². The fourth-order valence-electron chi connectivity index (χ4n) is 4.26. The molecule has 1 aliphatic heterocycles. The number of phenols is 1. The highest BCUT2D eigenvalue weighted by atomic mass is 35.5. The molecule has 0 saturated carbocycles. The number of rotatable bonds is 4. The van der Waals surface area contributed by atoms with Gasteiger partial charge in [-0.3, -0.25) is 4.90 Å². The minimum Gasteiger partial charge on any atom is -0.507 e. The van der Waals surface area contributed by atoms with Crippen LogP contribution in [0.15, 0.2) is 82.0 Å². The Hall–Kier alpha value is -3.28. The van der Waals surface area contributed by atoms with Crippen LogP contribution >= 0.6 is 11.6 Å². The van der Waals surface area contributed by atoms with E-state index in [4.69, 9.17) is 16.0 Å². The Balaban J connectivity index is 1.39. The van der Waals surface area contributed by atoms with Crippen LogP contribution in [0.5, 0.6) is 5.75 Å². The number of fused-ring (bicyclic) bond motifs is 1. The summed E-state index contributed by atoms with van der Waals surface area (Å²) in [5.74, 6) is 0.144. The summed E-state index contributed by atoms with van der Waals surface area (Å²) in [5, 5.41) is 12.1. The number of benzene rings is 3. The summed E-state index contributed by atoms with van der Waals surface area (Å²) in [5.41, 5.74) is 3.15. The molecule has 0 aliphatic carbocycles. The zero-order valence-electron chi connectivity index (χ0n) is 17.5. The highest BCUT2D eigenvalue weighted by Crippen LogP contribution is 2.30. The van der Waals surface area contributed by atoms with Crippen LogP contribution in [0.4, 0.5) is 5.69 Å². The minimum absolute atomic E-state index is 0.144. The Morgan fingerprint density at radius 1 is 0.906 bits per heavy atom. The van der Waals surface area contributed by atoms with Crippen LogP contribution in [0.2, 0.25) is 5.02 Å². The van der Waals surface area contributed by atoms with Gasteiger partial charge in [-0.2, -0.15) is 0 Å². The molecule has 1 fully saturated rings. The highest BCUT2D eigenvalue weighted by molar-refractivity contribution is 6.30. The average Bonchev–Trinajstić information content (AvgIpc) is 2.82. The summed E-state index contributed by atoms with van der Waals surface area (Å²) in [6, 6.07) is 22.7. The van der Waals surface area contributed by atoms with Crippen molar-refractivity contribution in [2.24, 2.45) is 0 Å². The van der Waals surface area contributed by atoms with E-state index in [1.54, 1.807) is 12.1 Å². The third-order valence-electron chi connectivity index (χ3n) is 5.99. The first-order valence-corrected chi connectivity index (χ1v) is 11.0. The second kappa shape index (κ2) is 8.69. The Bertz CT molecular complexity index is 1310. The van der Waals surface area contributed by atoms with E-state index >= 15 is 0 Å². The van der Waals surface area contributed by atoms with E-state index in [1.807, 2.05) is 54.6 Å². The van der Waals surface area contributed by atoms with E-state index in [0.717, 1.165) is 47.8 Å². The van der Waals surface area contributed by atoms with Gasteiger partial charge in [0.05, 0.1) is 11.1 Å². The third kappa shape index (κ3) is 4.09. The molecule has 5 nitrogen and oxygen atoms in total. The van der Waals surface area contributed by atoms with Gasteiger partial charge in [-0.25, -0.2) is 4.79 Å². The quantitative estimate of drug-likeness (QED) is 0.440. The molecule has 2 heterocycles. The van der Waals surface area contributed by atoms with Crippen LogP contribution in [0, 0.1) is 0 Å². The van der Waals surface area contributed by atoms with Gasteiger partial charge in [-0.15, -0.1) is 0 Å². The summed E-state index contributed by atoms with van der Waals surface area (Å²) in [4.78, 5) is 17.3. The first kappa shape index (κ1) is 20.6. The van der Waals surface area contributed by atoms with Gasteiger partial charge in [0.15, 0.2) is 0 Å². The van der Waals surface area contributed by atoms with Crippen molar-refractivity contribution in [2.75, 3.05) is 31.1 Å². The van der Waals surface area contributed by atoms with Crippen LogP contribution in [0.3, 0.4) is 0 Å². The summed E-state index contributed by atoms with van der Waals surface area (Å²) < 4.78 is 5.74. The fourth-order valence-corrected chi connectivity index (χ4v) is 4.45. The normalized spacial score (nSPS) is 14.7. The lowest BCUT2D eigenvalue weighted by atomic mass is 10.0. The van der Waals surface area contributed by atoms with E-state index in [1.165, 1.54) is 0 Å². The maximum Gasteiger partial charge on any atom is 0.344 e. The lowest BCUT2D eigenvalue weighted by Gasteiger charge is -2.36. The van der Waals surface area contributed by atoms with Gasteiger partial charge in [-0.05, 0) is 42.0 Å². The molecule has 32 heavy (non-hydrogen) atoms. The van der Waals surface area contributed by atoms with Crippen LogP contribution < -0.4 is 10.5 Å². The summed E-state index contributed by atoms with van der Waals surface area (Å²) in [6.07, 6.45) is 0. The monoisotopic (exact) mass is 446 g/mol. The molecule has 0 amide bonds. The zero-order chi connectivity index (χ0) is 22.1. The Labute approximate surface area is 191 Å². The lowest BCUT2D eigenvalue weighted by Crippen LogP contribution is -2.46. The lowest BCUT2D eigenvalue weighted by molar-refractivity contribution is 0.246. The Morgan fingerprint density at radius 2 is 1.69 bits per heavy atom. The molecule has 0 radical (unpaired) electrons. The van der Waals surface area contributed by atoms with Gasteiger partial charge < -0.3 is 14.4 Å². The number of halogens is 1. The largest absolute Gasteiger partial charge is 0.507 e. The Morgan fingerprint density at radius 3 is 2.44 bits per heavy atom. The molecule has 1 aromatic heterocycles. The molecular weight excluding hydrogens is 424 g/mol. The smallest absolute Gasteiger partial charge is 0.344 e. The summed E-state index contributed by atoms with van der Waals surface area (Å²) >= 11 is 6.14. The van der Waals surface area contributed by atoms with E-state index < -0.39 is 5.63 Å². The number of anilines is 1. The van der Waals surface area contributed by atoms with Crippen LogP contribution in [0.1, 0.15) is 5.56 Å². The molecule has 4 aromatic rings. The van der Waals surface area contributed by atoms with Crippen molar-refractivity contribution in [1.82, 2.24) is 4.90 Å². The van der Waals surface area contributed by atoms with Crippen molar-refractivity contribution in [2.45, 2.75) is 6.54 Å². The van der Waals surface area contributed by atoms with E-state index in [-0.39, 0.29) is 5.75 Å². The number of piperazine rings is 1. The van der Waals surface area contributed by atoms with Crippen LogP contribution in [-0.4, -0.2) is 36.2 Å². The molecule has 1 saturated heterocycles. The molecule has 6 heteroatoms. The predicted octanol–water partition coefficient (Wildman–Crippen LogP) is 5.14. The zero-order valence-corrected chi connectivity index (χ0v) is 18.3. The van der Waals surface area contributed by atoms with Crippen molar-refractivity contribution in [3.63, 3.8) is 0 Å². The van der Waals surface area contributed by atoms with Crippen molar-refractivity contribution in [3.8, 4) is 16.9 Å². The van der Waals surface area contributed by atoms with Crippen molar-refractivity contribution in [1.29, 1.82) is 0 Å². The number of hydrogen-bond acceptors (Lipinski definition) is 5. The second-order valence-electron chi connectivity index (χ2n) is 8.04. The molecule has 0 unspecified atom stereocenters. The minimum atomic E-state index is -0.402.